The molecule has 1 aromatic carbocycles. The van der Waals surface area contributed by atoms with Crippen molar-refractivity contribution in [3.05, 3.63) is 59.9 Å². The van der Waals surface area contributed by atoms with Crippen LogP contribution in [-0.2, 0) is 4.74 Å². The minimum absolute atomic E-state index is 0.0194. The number of ether oxygens (including phenoxy) is 1. The van der Waals surface area contributed by atoms with Crippen molar-refractivity contribution in [2.75, 3.05) is 13.7 Å². The first kappa shape index (κ1) is 31.8. The average molecular weight is 530 g/mol. The zero-order valence-electron chi connectivity index (χ0n) is 21.2. The first-order chi connectivity index (χ1) is 17.5. The number of rotatable bonds is 5. The molecular formula is C25H38F3N5O4. The SMILES string of the molecule is CC(O)C1CCCCC1.COC1=C(CNC(=O)O)CC(N(N)/C(=N\N)C(F)(F)F)C=C1.c1ccccc1. The normalized spacial score (nSPS) is 19.0. The monoisotopic (exact) mass is 529 g/mol. The lowest BCUT2D eigenvalue weighted by Gasteiger charge is -2.31. The molecule has 2 unspecified atom stereocenters. The molecule has 12 heteroatoms. The molecule has 7 N–H and O–H groups in total. The molecular weight excluding hydrogens is 491 g/mol. The Balaban J connectivity index is 0.000000367. The Morgan fingerprint density at radius 1 is 1.19 bits per heavy atom. The lowest BCUT2D eigenvalue weighted by molar-refractivity contribution is -0.0705. The number of amides is 1. The van der Waals surface area contributed by atoms with E-state index >= 15 is 0 Å². The van der Waals surface area contributed by atoms with Crippen LogP contribution in [0.4, 0.5) is 18.0 Å². The predicted molar refractivity (Wildman–Crippen MR) is 136 cm³/mol. The van der Waals surface area contributed by atoms with Gasteiger partial charge in [-0.2, -0.15) is 18.3 Å². The molecule has 3 rings (SSSR count). The molecule has 0 aromatic heterocycles. The van der Waals surface area contributed by atoms with Crippen molar-refractivity contribution in [3.8, 4) is 0 Å². The highest BCUT2D eigenvalue weighted by Gasteiger charge is 2.41. The number of hydrogen-bond acceptors (Lipinski definition) is 6. The zero-order valence-corrected chi connectivity index (χ0v) is 21.2. The smallest absolute Gasteiger partial charge is 0.452 e. The third-order valence-electron chi connectivity index (χ3n) is 5.92. The molecule has 0 heterocycles. The summed E-state index contributed by atoms with van der Waals surface area (Å²) in [5, 5.41) is 23.0. The Morgan fingerprint density at radius 2 is 1.73 bits per heavy atom. The maximum absolute atomic E-state index is 12.7. The van der Waals surface area contributed by atoms with E-state index in [0.29, 0.717) is 22.3 Å². The minimum Gasteiger partial charge on any atom is -0.497 e. The van der Waals surface area contributed by atoms with Crippen LogP contribution in [0.3, 0.4) is 0 Å². The number of halogens is 3. The molecule has 9 nitrogen and oxygen atoms in total. The zero-order chi connectivity index (χ0) is 27.8. The number of alkyl halides is 3. The molecule has 0 radical (unpaired) electrons. The average Bonchev–Trinajstić information content (AvgIpc) is 2.89. The third kappa shape index (κ3) is 12.0. The minimum atomic E-state index is -4.80. The number of aliphatic hydroxyl groups excluding tert-OH is 1. The molecule has 0 aliphatic heterocycles. The van der Waals surface area contributed by atoms with Crippen molar-refractivity contribution in [3.63, 3.8) is 0 Å². The van der Waals surface area contributed by atoms with Gasteiger partial charge in [-0.25, -0.2) is 10.6 Å². The molecule has 2 aliphatic carbocycles. The molecule has 1 saturated carbocycles. The molecule has 2 aliphatic rings. The van der Waals surface area contributed by atoms with Crippen molar-refractivity contribution < 1.29 is 32.9 Å². The highest BCUT2D eigenvalue weighted by atomic mass is 19.4. The largest absolute Gasteiger partial charge is 0.497 e. The van der Waals surface area contributed by atoms with Crippen molar-refractivity contribution in [1.82, 2.24) is 10.3 Å². The van der Waals surface area contributed by atoms with E-state index in [1.54, 1.807) is 0 Å². The molecule has 1 aromatic rings. The Morgan fingerprint density at radius 3 is 2.11 bits per heavy atom. The number of nitrogens with zero attached hydrogens (tertiary/aromatic N) is 2. The van der Waals surface area contributed by atoms with E-state index < -0.39 is 24.1 Å². The third-order valence-corrected chi connectivity index (χ3v) is 5.92. The molecule has 208 valence electrons. The summed E-state index contributed by atoms with van der Waals surface area (Å²) < 4.78 is 43.3. The molecule has 37 heavy (non-hydrogen) atoms. The second-order valence-electron chi connectivity index (χ2n) is 8.61. The predicted octanol–water partition coefficient (Wildman–Crippen LogP) is 4.13. The molecule has 0 spiro atoms. The van der Waals surface area contributed by atoms with E-state index in [1.165, 1.54) is 51.4 Å². The van der Waals surface area contributed by atoms with Gasteiger partial charge in [0.15, 0.2) is 0 Å². The van der Waals surface area contributed by atoms with E-state index in [4.69, 9.17) is 21.5 Å². The van der Waals surface area contributed by atoms with Gasteiger partial charge in [0.1, 0.15) is 5.76 Å². The summed E-state index contributed by atoms with van der Waals surface area (Å²) >= 11 is 0. The van der Waals surface area contributed by atoms with Crippen LogP contribution in [0.1, 0.15) is 45.4 Å². The summed E-state index contributed by atoms with van der Waals surface area (Å²) in [5.74, 6) is 9.73. The van der Waals surface area contributed by atoms with Crippen LogP contribution in [-0.4, -0.2) is 59.1 Å². The molecule has 1 amide bonds. The summed E-state index contributed by atoms with van der Waals surface area (Å²) in [5.41, 5.74) is 0.450. The van der Waals surface area contributed by atoms with Gasteiger partial charge in [-0.1, -0.05) is 61.7 Å². The van der Waals surface area contributed by atoms with Crippen LogP contribution in [0.15, 0.2) is 65.0 Å². The highest BCUT2D eigenvalue weighted by molar-refractivity contribution is 5.87. The topological polar surface area (TPSA) is 146 Å². The number of hydrazone groups is 1. The van der Waals surface area contributed by atoms with Crippen LogP contribution in [0, 0.1) is 5.92 Å². The fourth-order valence-electron chi connectivity index (χ4n) is 3.93. The maximum Gasteiger partial charge on any atom is 0.452 e. The Labute approximate surface area is 215 Å². The van der Waals surface area contributed by atoms with Crippen molar-refractivity contribution in [2.24, 2.45) is 22.7 Å². The van der Waals surface area contributed by atoms with Gasteiger partial charge in [-0.15, -0.1) is 0 Å². The summed E-state index contributed by atoms with van der Waals surface area (Å²) in [6.07, 6.45) is 3.22. The van der Waals surface area contributed by atoms with E-state index in [0.717, 1.165) is 0 Å². The Bertz CT molecular complexity index is 859. The Hall–Kier alpha value is -3.25. The number of carboxylic acid groups (broad SMARTS) is 1. The number of aliphatic hydroxyl groups is 1. The van der Waals surface area contributed by atoms with E-state index in [9.17, 15) is 23.1 Å². The second-order valence-corrected chi connectivity index (χ2v) is 8.61. The number of methoxy groups -OCH3 is 1. The highest BCUT2D eigenvalue weighted by Crippen LogP contribution is 2.27. The van der Waals surface area contributed by atoms with Crippen molar-refractivity contribution >= 4 is 11.9 Å². The fourth-order valence-corrected chi connectivity index (χ4v) is 3.93. The number of carbonyl (C=O) groups is 1. The number of hydrazine groups is 1. The van der Waals surface area contributed by atoms with Gasteiger partial charge in [0, 0.05) is 6.54 Å². The van der Waals surface area contributed by atoms with Gasteiger partial charge < -0.3 is 26.1 Å². The molecule has 0 saturated heterocycles. The number of nitrogens with two attached hydrogens (primary N) is 2. The molecule has 1 fully saturated rings. The summed E-state index contributed by atoms with van der Waals surface area (Å²) in [6, 6.07) is 11.1. The van der Waals surface area contributed by atoms with Crippen LogP contribution in [0.25, 0.3) is 0 Å². The number of allylic oxidation sites excluding steroid dienone is 1. The second kappa shape index (κ2) is 16.5. The van der Waals surface area contributed by atoms with E-state index in [1.807, 2.05) is 43.3 Å². The number of benzene rings is 1. The lowest BCUT2D eigenvalue weighted by atomic mass is 9.86. The Kier molecular flexibility index (Phi) is 14.2. The van der Waals surface area contributed by atoms with Gasteiger partial charge in [0.05, 0.1) is 19.3 Å². The fraction of sp³-hybridized carbons (Fsp3) is 0.520. The van der Waals surface area contributed by atoms with Crippen molar-refractivity contribution in [2.45, 2.75) is 63.8 Å². The maximum atomic E-state index is 12.7. The van der Waals surface area contributed by atoms with Gasteiger partial charge in [0.2, 0.25) is 5.84 Å². The lowest BCUT2D eigenvalue weighted by Crippen LogP contribution is -2.52. The number of nitrogens with one attached hydrogen (secondary N) is 1. The summed E-state index contributed by atoms with van der Waals surface area (Å²) in [6.45, 7) is 1.81. The van der Waals surface area contributed by atoms with Crippen LogP contribution in [0.5, 0.6) is 0 Å². The summed E-state index contributed by atoms with van der Waals surface area (Å²) in [7, 11) is 1.36. The first-order valence-corrected chi connectivity index (χ1v) is 12.0. The standard InChI is InChI=1S/C11H16F3N5O3.C8H16O.C6H6/c1-22-8-3-2-7(4-6(8)5-17-10(20)21)19(16)9(18-15)11(12,13)14;1-7(9)8-5-3-2-4-6-8;1-2-4-6-5-3-1/h2-3,7,17H,4-5,15-16H2,1H3,(H,20,21);7-9H,2-6H2,1H3;1-6H/b18-9-;;. The van der Waals surface area contributed by atoms with Crippen LogP contribution in [0.2, 0.25) is 0 Å². The van der Waals surface area contributed by atoms with Gasteiger partial charge in [-0.05, 0) is 43.8 Å². The van der Waals surface area contributed by atoms with Gasteiger partial charge in [0.25, 0.3) is 0 Å². The number of hydrogen-bond donors (Lipinski definition) is 5. The number of amidine groups is 1. The van der Waals surface area contributed by atoms with Gasteiger partial charge >= 0.3 is 12.3 Å². The van der Waals surface area contributed by atoms with E-state index in [-0.39, 0.29) is 19.1 Å². The summed E-state index contributed by atoms with van der Waals surface area (Å²) in [4.78, 5) is 10.5. The first-order valence-electron chi connectivity index (χ1n) is 12.0. The van der Waals surface area contributed by atoms with Crippen LogP contribution >= 0.6 is 0 Å². The molecule has 2 atom stereocenters. The van der Waals surface area contributed by atoms with Gasteiger partial charge in [-0.3, -0.25) is 5.01 Å². The molecule has 0 bridgehead atoms. The quantitative estimate of drug-likeness (QED) is 0.167. The van der Waals surface area contributed by atoms with Crippen molar-refractivity contribution in [1.29, 1.82) is 0 Å². The van der Waals surface area contributed by atoms with E-state index in [2.05, 4.69) is 10.4 Å². The van der Waals surface area contributed by atoms with Crippen LogP contribution < -0.4 is 17.0 Å².